The molecule has 2 aromatic rings. The summed E-state index contributed by atoms with van der Waals surface area (Å²) in [5.74, 6) is 0.306. The first-order chi connectivity index (χ1) is 11.9. The summed E-state index contributed by atoms with van der Waals surface area (Å²) in [5.41, 5.74) is -0.0555. The number of rotatable bonds is 7. The highest BCUT2D eigenvalue weighted by molar-refractivity contribution is 5.92. The van der Waals surface area contributed by atoms with Crippen LogP contribution < -0.4 is 9.47 Å². The number of nitrogens with zero attached hydrogens (tertiary/aromatic N) is 1. The van der Waals surface area contributed by atoms with Crippen molar-refractivity contribution in [2.75, 3.05) is 6.61 Å². The molecule has 0 aliphatic carbocycles. The Hall–Kier alpha value is -3.22. The van der Waals surface area contributed by atoms with Crippen LogP contribution in [0.4, 0.5) is 5.69 Å². The Morgan fingerprint density at radius 2 is 1.88 bits per heavy atom. The molecule has 130 valence electrons. The fraction of sp³-hybridized carbons (Fsp3) is 0.222. The number of ether oxygens (including phenoxy) is 2. The van der Waals surface area contributed by atoms with Gasteiger partial charge in [-0.15, -0.1) is 0 Å². The highest BCUT2D eigenvalue weighted by Gasteiger charge is 2.15. The average Bonchev–Trinajstić information content (AvgIpc) is 2.60. The molecule has 0 aromatic heterocycles. The van der Waals surface area contributed by atoms with Gasteiger partial charge < -0.3 is 9.47 Å². The first kappa shape index (κ1) is 18.1. The van der Waals surface area contributed by atoms with Crippen molar-refractivity contribution in [3.63, 3.8) is 0 Å². The number of benzene rings is 2. The number of carbonyl (C=O) groups is 2. The van der Waals surface area contributed by atoms with Crippen LogP contribution in [0.25, 0.3) is 0 Å². The van der Waals surface area contributed by atoms with Gasteiger partial charge in [0.25, 0.3) is 5.69 Å². The van der Waals surface area contributed by atoms with Crippen molar-refractivity contribution >= 4 is 17.9 Å². The van der Waals surface area contributed by atoms with Crippen LogP contribution >= 0.6 is 0 Å². The zero-order chi connectivity index (χ0) is 18.4. The molecule has 0 aliphatic heterocycles. The lowest BCUT2D eigenvalue weighted by atomic mass is 10.2. The molecule has 0 aliphatic rings. The Labute approximate surface area is 144 Å². The number of esters is 1. The van der Waals surface area contributed by atoms with Gasteiger partial charge in [0.15, 0.2) is 6.29 Å². The van der Waals surface area contributed by atoms with Crippen molar-refractivity contribution in [3.05, 3.63) is 63.7 Å². The number of non-ortho nitro benzene ring substituents is 1. The Kier molecular flexibility index (Phi) is 5.84. The van der Waals surface area contributed by atoms with E-state index in [2.05, 4.69) is 0 Å². The number of aldehydes is 1. The molecule has 2 aromatic carbocycles. The second-order valence-corrected chi connectivity index (χ2v) is 5.72. The van der Waals surface area contributed by atoms with E-state index >= 15 is 0 Å². The first-order valence-corrected chi connectivity index (χ1v) is 7.59. The van der Waals surface area contributed by atoms with Crippen LogP contribution in [0.1, 0.15) is 34.6 Å². The zero-order valence-corrected chi connectivity index (χ0v) is 13.8. The molecule has 0 unspecified atom stereocenters. The van der Waals surface area contributed by atoms with Crippen LogP contribution in [0.2, 0.25) is 0 Å². The predicted molar refractivity (Wildman–Crippen MR) is 90.2 cm³/mol. The Morgan fingerprint density at radius 1 is 1.20 bits per heavy atom. The fourth-order valence-corrected chi connectivity index (χ4v) is 1.94. The lowest BCUT2D eigenvalue weighted by molar-refractivity contribution is -0.384. The Morgan fingerprint density at radius 3 is 2.44 bits per heavy atom. The van der Waals surface area contributed by atoms with E-state index in [0.717, 1.165) is 6.07 Å². The van der Waals surface area contributed by atoms with Crippen LogP contribution in [0.3, 0.4) is 0 Å². The second-order valence-electron chi connectivity index (χ2n) is 5.72. The van der Waals surface area contributed by atoms with Gasteiger partial charge in [-0.05, 0) is 36.2 Å². The molecule has 0 heterocycles. The molecule has 0 fully saturated rings. The minimum absolute atomic E-state index is 0.0364. The molecule has 7 heteroatoms. The number of nitro benzene ring substituents is 1. The Bertz CT molecular complexity index is 783. The topological polar surface area (TPSA) is 95.7 Å². The summed E-state index contributed by atoms with van der Waals surface area (Å²) in [6.45, 7) is 4.62. The van der Waals surface area contributed by atoms with Crippen molar-refractivity contribution in [1.82, 2.24) is 0 Å². The van der Waals surface area contributed by atoms with Gasteiger partial charge in [0, 0.05) is 12.1 Å². The standard InChI is InChI=1S/C18H17NO6/c1-12(2)11-24-16-6-3-13(4-7-16)18(21)25-17-8-5-15(19(22)23)9-14(17)10-20/h3-10,12H,11H2,1-2H3. The van der Waals surface area contributed by atoms with E-state index in [0.29, 0.717) is 24.6 Å². The summed E-state index contributed by atoms with van der Waals surface area (Å²) in [6.07, 6.45) is 0.401. The van der Waals surface area contributed by atoms with E-state index in [1.807, 2.05) is 13.8 Å². The minimum atomic E-state index is -0.674. The van der Waals surface area contributed by atoms with E-state index in [4.69, 9.17) is 9.47 Å². The van der Waals surface area contributed by atoms with E-state index in [1.165, 1.54) is 12.1 Å². The highest BCUT2D eigenvalue weighted by Crippen LogP contribution is 2.24. The molecular weight excluding hydrogens is 326 g/mol. The molecule has 0 spiro atoms. The van der Waals surface area contributed by atoms with Gasteiger partial charge in [0.2, 0.25) is 0 Å². The maximum atomic E-state index is 12.2. The molecular formula is C18H17NO6. The third kappa shape index (κ3) is 4.87. The lowest BCUT2D eigenvalue weighted by Crippen LogP contribution is -2.10. The summed E-state index contributed by atoms with van der Waals surface area (Å²) < 4.78 is 10.7. The number of carbonyl (C=O) groups excluding carboxylic acids is 2. The van der Waals surface area contributed by atoms with Crippen LogP contribution in [-0.4, -0.2) is 23.8 Å². The SMILES string of the molecule is CC(C)COc1ccc(C(=O)Oc2ccc([N+](=O)[O-])cc2C=O)cc1. The molecule has 0 atom stereocenters. The summed E-state index contributed by atoms with van der Waals surface area (Å²) in [6, 6.07) is 9.83. The van der Waals surface area contributed by atoms with Gasteiger partial charge in [-0.1, -0.05) is 13.8 Å². The van der Waals surface area contributed by atoms with Crippen molar-refractivity contribution in [3.8, 4) is 11.5 Å². The van der Waals surface area contributed by atoms with Crippen LogP contribution in [-0.2, 0) is 0 Å². The molecule has 2 rings (SSSR count). The van der Waals surface area contributed by atoms with Crippen molar-refractivity contribution in [2.24, 2.45) is 5.92 Å². The van der Waals surface area contributed by atoms with Crippen LogP contribution in [0.15, 0.2) is 42.5 Å². The normalized spacial score (nSPS) is 10.4. The van der Waals surface area contributed by atoms with E-state index < -0.39 is 10.9 Å². The largest absolute Gasteiger partial charge is 0.493 e. The third-order valence-corrected chi connectivity index (χ3v) is 3.21. The molecule has 0 radical (unpaired) electrons. The maximum absolute atomic E-state index is 12.2. The molecule has 25 heavy (non-hydrogen) atoms. The van der Waals surface area contributed by atoms with Crippen LogP contribution in [0.5, 0.6) is 11.5 Å². The number of hydrogen-bond acceptors (Lipinski definition) is 6. The van der Waals surface area contributed by atoms with Crippen molar-refractivity contribution in [2.45, 2.75) is 13.8 Å². The quantitative estimate of drug-likeness (QED) is 0.250. The minimum Gasteiger partial charge on any atom is -0.493 e. The number of nitro groups is 1. The van der Waals surface area contributed by atoms with Gasteiger partial charge in [0.1, 0.15) is 11.5 Å². The molecule has 0 bridgehead atoms. The molecule has 0 amide bonds. The van der Waals surface area contributed by atoms with Crippen LogP contribution in [0, 0.1) is 16.0 Å². The van der Waals surface area contributed by atoms with E-state index in [-0.39, 0.29) is 22.6 Å². The molecule has 7 nitrogen and oxygen atoms in total. The Balaban J connectivity index is 2.11. The van der Waals surface area contributed by atoms with Gasteiger partial charge in [-0.3, -0.25) is 14.9 Å². The van der Waals surface area contributed by atoms with Crippen molar-refractivity contribution < 1.29 is 24.0 Å². The van der Waals surface area contributed by atoms with Gasteiger partial charge >= 0.3 is 5.97 Å². The van der Waals surface area contributed by atoms with E-state index in [9.17, 15) is 19.7 Å². The van der Waals surface area contributed by atoms with Gasteiger partial charge in [0.05, 0.1) is 22.7 Å². The average molecular weight is 343 g/mol. The second kappa shape index (κ2) is 8.05. The summed E-state index contributed by atoms with van der Waals surface area (Å²) in [7, 11) is 0. The first-order valence-electron chi connectivity index (χ1n) is 7.59. The molecule has 0 saturated heterocycles. The van der Waals surface area contributed by atoms with E-state index in [1.54, 1.807) is 24.3 Å². The third-order valence-electron chi connectivity index (χ3n) is 3.21. The monoisotopic (exact) mass is 343 g/mol. The zero-order valence-electron chi connectivity index (χ0n) is 13.8. The lowest BCUT2D eigenvalue weighted by Gasteiger charge is -2.09. The predicted octanol–water partition coefficient (Wildman–Crippen LogP) is 3.66. The summed E-state index contributed by atoms with van der Waals surface area (Å²) in [4.78, 5) is 33.3. The maximum Gasteiger partial charge on any atom is 0.343 e. The summed E-state index contributed by atoms with van der Waals surface area (Å²) >= 11 is 0. The number of hydrogen-bond donors (Lipinski definition) is 0. The molecule has 0 N–H and O–H groups in total. The summed E-state index contributed by atoms with van der Waals surface area (Å²) in [5, 5.41) is 10.7. The fourth-order valence-electron chi connectivity index (χ4n) is 1.94. The molecule has 0 saturated carbocycles. The van der Waals surface area contributed by atoms with Crippen molar-refractivity contribution in [1.29, 1.82) is 0 Å². The highest BCUT2D eigenvalue weighted by atomic mass is 16.6. The smallest absolute Gasteiger partial charge is 0.343 e. The van der Waals surface area contributed by atoms with Gasteiger partial charge in [-0.2, -0.15) is 0 Å². The van der Waals surface area contributed by atoms with Gasteiger partial charge in [-0.25, -0.2) is 4.79 Å².